The van der Waals surface area contributed by atoms with E-state index in [2.05, 4.69) is 67.2 Å². The lowest BCUT2D eigenvalue weighted by Crippen LogP contribution is -2.49. The number of nitrogens with one attached hydrogen (secondary N) is 1. The van der Waals surface area contributed by atoms with Crippen molar-refractivity contribution < 1.29 is 4.74 Å². The molecule has 2 aliphatic heterocycles. The van der Waals surface area contributed by atoms with Crippen LogP contribution in [0.15, 0.2) is 29.3 Å². The minimum absolute atomic E-state index is 0.0332. The second-order valence-electron chi connectivity index (χ2n) is 8.53. The van der Waals surface area contributed by atoms with Gasteiger partial charge in [0, 0.05) is 51.3 Å². The molecule has 0 aliphatic carbocycles. The number of nitrogens with zero attached hydrogens (tertiary/aromatic N) is 3. The van der Waals surface area contributed by atoms with Crippen LogP contribution in [-0.4, -0.2) is 67.7 Å². The van der Waals surface area contributed by atoms with Gasteiger partial charge in [0.25, 0.3) is 0 Å². The lowest BCUT2D eigenvalue weighted by atomic mass is 9.94. The van der Waals surface area contributed by atoms with E-state index in [9.17, 15) is 0 Å². The highest BCUT2D eigenvalue weighted by Crippen LogP contribution is 2.25. The van der Waals surface area contributed by atoms with E-state index in [1.54, 1.807) is 0 Å². The van der Waals surface area contributed by atoms with Crippen LogP contribution in [0, 0.1) is 5.92 Å². The van der Waals surface area contributed by atoms with Gasteiger partial charge < -0.3 is 15.0 Å². The first-order valence-corrected chi connectivity index (χ1v) is 10.4. The first-order chi connectivity index (χ1) is 13.0. The van der Waals surface area contributed by atoms with Crippen LogP contribution < -0.4 is 5.32 Å². The Hall–Kier alpha value is -1.59. The van der Waals surface area contributed by atoms with Crippen molar-refractivity contribution in [2.24, 2.45) is 10.9 Å². The fraction of sp³-hybridized carbons (Fsp3) is 0.682. The first-order valence-electron chi connectivity index (χ1n) is 10.4. The third kappa shape index (κ3) is 5.23. The molecule has 2 aliphatic rings. The van der Waals surface area contributed by atoms with Gasteiger partial charge in [-0.2, -0.15) is 0 Å². The Morgan fingerprint density at radius 1 is 1.33 bits per heavy atom. The van der Waals surface area contributed by atoms with E-state index < -0.39 is 0 Å². The molecule has 27 heavy (non-hydrogen) atoms. The molecule has 1 atom stereocenters. The number of ether oxygens (including phenoxy) is 1. The summed E-state index contributed by atoms with van der Waals surface area (Å²) in [5.74, 6) is 1.63. The topological polar surface area (TPSA) is 40.1 Å². The van der Waals surface area contributed by atoms with Gasteiger partial charge in [-0.15, -0.1) is 0 Å². The minimum Gasteiger partial charge on any atom is -0.381 e. The molecule has 150 valence electrons. The van der Waals surface area contributed by atoms with Crippen LogP contribution in [0.2, 0.25) is 0 Å². The van der Waals surface area contributed by atoms with Crippen LogP contribution in [-0.2, 0) is 17.7 Å². The molecule has 1 N–H and O–H groups in total. The second kappa shape index (κ2) is 9.07. The number of rotatable bonds is 6. The smallest absolute Gasteiger partial charge is 0.193 e. The number of aliphatic imine (C=N–C) groups is 1. The van der Waals surface area contributed by atoms with Crippen LogP contribution in [0.25, 0.3) is 0 Å². The number of hydrogen-bond donors (Lipinski definition) is 1. The zero-order valence-electron chi connectivity index (χ0n) is 17.5. The third-order valence-electron chi connectivity index (χ3n) is 5.85. The fourth-order valence-corrected chi connectivity index (χ4v) is 4.05. The summed E-state index contributed by atoms with van der Waals surface area (Å²) in [5.41, 5.74) is 3.00. The van der Waals surface area contributed by atoms with Gasteiger partial charge >= 0.3 is 0 Å². The summed E-state index contributed by atoms with van der Waals surface area (Å²) < 4.78 is 5.53. The monoisotopic (exact) mass is 372 g/mol. The molecular formula is C22H36N4O. The fourth-order valence-electron chi connectivity index (χ4n) is 4.05. The van der Waals surface area contributed by atoms with Gasteiger partial charge in [-0.05, 0) is 44.7 Å². The molecule has 1 saturated heterocycles. The summed E-state index contributed by atoms with van der Waals surface area (Å²) in [4.78, 5) is 9.85. The molecule has 5 nitrogen and oxygen atoms in total. The normalized spacial score (nSPS) is 21.2. The quantitative estimate of drug-likeness (QED) is 0.616. The molecule has 1 unspecified atom stereocenters. The van der Waals surface area contributed by atoms with Crippen LogP contribution in [0.4, 0.5) is 0 Å². The minimum atomic E-state index is 0.0332. The van der Waals surface area contributed by atoms with Gasteiger partial charge in [0.05, 0.1) is 13.2 Å². The highest BCUT2D eigenvalue weighted by atomic mass is 16.5. The molecule has 2 heterocycles. The molecule has 1 fully saturated rings. The lowest BCUT2D eigenvalue weighted by Gasteiger charge is -2.41. The highest BCUT2D eigenvalue weighted by Gasteiger charge is 2.30. The van der Waals surface area contributed by atoms with Gasteiger partial charge in [-0.3, -0.25) is 9.89 Å². The summed E-state index contributed by atoms with van der Waals surface area (Å²) in [7, 11) is 2.14. The number of guanidine groups is 1. The summed E-state index contributed by atoms with van der Waals surface area (Å²) in [6.45, 7) is 13.4. The Kier molecular flexibility index (Phi) is 6.77. The number of fused-ring (bicyclic) bond motifs is 1. The predicted octanol–water partition coefficient (Wildman–Crippen LogP) is 2.76. The van der Waals surface area contributed by atoms with E-state index >= 15 is 0 Å². The van der Waals surface area contributed by atoms with Crippen molar-refractivity contribution in [1.29, 1.82) is 0 Å². The molecule has 0 amide bonds. The van der Waals surface area contributed by atoms with Crippen LogP contribution >= 0.6 is 0 Å². The van der Waals surface area contributed by atoms with E-state index in [1.807, 2.05) is 0 Å². The largest absolute Gasteiger partial charge is 0.381 e. The molecule has 0 bridgehead atoms. The summed E-state index contributed by atoms with van der Waals surface area (Å²) in [5, 5.41) is 3.46. The van der Waals surface area contributed by atoms with E-state index in [4.69, 9.17) is 9.73 Å². The van der Waals surface area contributed by atoms with Gasteiger partial charge in [0.1, 0.15) is 0 Å². The number of hydrogen-bond acceptors (Lipinski definition) is 3. The molecule has 3 rings (SSSR count). The van der Waals surface area contributed by atoms with Crippen LogP contribution in [0.1, 0.15) is 38.3 Å². The Balaban J connectivity index is 1.63. The maximum absolute atomic E-state index is 5.53. The van der Waals surface area contributed by atoms with Gasteiger partial charge in [0.2, 0.25) is 0 Å². The first kappa shape index (κ1) is 20.2. The summed E-state index contributed by atoms with van der Waals surface area (Å²) in [6.07, 6.45) is 2.29. The third-order valence-corrected chi connectivity index (χ3v) is 5.85. The zero-order valence-corrected chi connectivity index (χ0v) is 17.5. The average molecular weight is 373 g/mol. The zero-order chi connectivity index (χ0) is 19.3. The predicted molar refractivity (Wildman–Crippen MR) is 112 cm³/mol. The maximum Gasteiger partial charge on any atom is 0.193 e. The van der Waals surface area contributed by atoms with E-state index in [0.29, 0.717) is 5.92 Å². The maximum atomic E-state index is 5.53. The van der Waals surface area contributed by atoms with Crippen molar-refractivity contribution >= 4 is 5.96 Å². The van der Waals surface area contributed by atoms with Crippen LogP contribution in [0.5, 0.6) is 0 Å². The average Bonchev–Trinajstić information content (AvgIpc) is 3.17. The molecule has 0 aromatic heterocycles. The Morgan fingerprint density at radius 2 is 2.11 bits per heavy atom. The highest BCUT2D eigenvalue weighted by molar-refractivity contribution is 5.79. The van der Waals surface area contributed by atoms with E-state index in [-0.39, 0.29) is 5.54 Å². The van der Waals surface area contributed by atoms with E-state index in [0.717, 1.165) is 64.7 Å². The summed E-state index contributed by atoms with van der Waals surface area (Å²) >= 11 is 0. The SMILES string of the molecule is CCNC(=NCC(C)(C)N1CCc2ccccc2C1)N(C)CC1CCOC1. The van der Waals surface area contributed by atoms with Gasteiger partial charge in [-0.25, -0.2) is 0 Å². The standard InChI is InChI=1S/C22H36N4O/c1-5-23-21(25(4)14-18-11-13-27-16-18)24-17-22(2,3)26-12-10-19-8-6-7-9-20(19)15-26/h6-9,18H,5,10-17H2,1-4H3,(H,23,24). The molecule has 0 spiro atoms. The molecule has 0 saturated carbocycles. The van der Waals surface area contributed by atoms with Crippen LogP contribution in [0.3, 0.4) is 0 Å². The van der Waals surface area contributed by atoms with E-state index in [1.165, 1.54) is 11.1 Å². The molecule has 5 heteroatoms. The molecule has 0 radical (unpaired) electrons. The van der Waals surface area contributed by atoms with Gasteiger partial charge in [-0.1, -0.05) is 24.3 Å². The Labute approximate surface area is 164 Å². The van der Waals surface area contributed by atoms with Gasteiger partial charge in [0.15, 0.2) is 5.96 Å². The molecule has 1 aromatic rings. The van der Waals surface area contributed by atoms with Crippen molar-refractivity contribution in [3.63, 3.8) is 0 Å². The second-order valence-corrected chi connectivity index (χ2v) is 8.53. The Morgan fingerprint density at radius 3 is 2.81 bits per heavy atom. The van der Waals surface area contributed by atoms with Crippen molar-refractivity contribution in [2.45, 2.75) is 45.7 Å². The van der Waals surface area contributed by atoms with Crippen molar-refractivity contribution in [3.8, 4) is 0 Å². The van der Waals surface area contributed by atoms with Crippen molar-refractivity contribution in [1.82, 2.24) is 15.1 Å². The Bertz CT molecular complexity index is 637. The molecular weight excluding hydrogens is 336 g/mol. The number of benzene rings is 1. The summed E-state index contributed by atoms with van der Waals surface area (Å²) in [6, 6.07) is 8.83. The molecule has 1 aromatic carbocycles. The lowest BCUT2D eigenvalue weighted by molar-refractivity contribution is 0.111. The van der Waals surface area contributed by atoms with Crippen molar-refractivity contribution in [3.05, 3.63) is 35.4 Å². The van der Waals surface area contributed by atoms with Crippen molar-refractivity contribution in [2.75, 3.05) is 46.4 Å².